The fourth-order valence-electron chi connectivity index (χ4n) is 0.678. The molecule has 1 aromatic rings. The Morgan fingerprint density at radius 1 is 1.40 bits per heavy atom. The van der Waals surface area contributed by atoms with Gasteiger partial charge in [-0.25, -0.2) is 0 Å². The number of hydrogen-bond acceptors (Lipinski definition) is 1. The Bertz CT molecular complexity index is 260. The largest absolute Gasteiger partial charge is 0.255 e. The zero-order valence-corrected chi connectivity index (χ0v) is 7.08. The highest BCUT2D eigenvalue weighted by Gasteiger charge is 2.00. The Balaban J connectivity index is 3.15. The van der Waals surface area contributed by atoms with Crippen LogP contribution in [0.4, 0.5) is 0 Å². The maximum atomic E-state index is 10.9. The van der Waals surface area contributed by atoms with Crippen LogP contribution in [-0.2, 0) is 10.8 Å². The van der Waals surface area contributed by atoms with E-state index in [1.54, 1.807) is 18.4 Å². The summed E-state index contributed by atoms with van der Waals surface area (Å²) in [6, 6.07) is 7.14. The van der Waals surface area contributed by atoms with Gasteiger partial charge in [0.1, 0.15) is 0 Å². The molecule has 1 atom stereocenters. The van der Waals surface area contributed by atoms with Crippen molar-refractivity contribution in [1.82, 2.24) is 0 Å². The SMILES string of the molecule is C[S@](=O)c1ccccc1Cl. The molecule has 0 aliphatic carbocycles. The van der Waals surface area contributed by atoms with Gasteiger partial charge in [-0.05, 0) is 12.1 Å². The molecule has 1 aromatic carbocycles. The first kappa shape index (κ1) is 7.76. The van der Waals surface area contributed by atoms with Crippen LogP contribution < -0.4 is 0 Å². The van der Waals surface area contributed by atoms with E-state index in [0.29, 0.717) is 9.92 Å². The van der Waals surface area contributed by atoms with Gasteiger partial charge in [0, 0.05) is 6.26 Å². The first-order valence-corrected chi connectivity index (χ1v) is 4.73. The molecule has 0 saturated heterocycles. The Hall–Kier alpha value is -0.340. The molecule has 0 heterocycles. The number of hydrogen-bond donors (Lipinski definition) is 0. The van der Waals surface area contributed by atoms with Gasteiger partial charge in [0.05, 0.1) is 20.7 Å². The van der Waals surface area contributed by atoms with Gasteiger partial charge in [-0.2, -0.15) is 0 Å². The van der Waals surface area contributed by atoms with E-state index in [1.165, 1.54) is 0 Å². The summed E-state index contributed by atoms with van der Waals surface area (Å²) in [5.41, 5.74) is 0. The van der Waals surface area contributed by atoms with E-state index in [4.69, 9.17) is 11.6 Å². The highest BCUT2D eigenvalue weighted by molar-refractivity contribution is 7.84. The van der Waals surface area contributed by atoms with E-state index >= 15 is 0 Å². The van der Waals surface area contributed by atoms with Crippen molar-refractivity contribution in [2.75, 3.05) is 6.26 Å². The van der Waals surface area contributed by atoms with Crippen molar-refractivity contribution in [2.24, 2.45) is 0 Å². The third-order valence-electron chi connectivity index (χ3n) is 1.15. The second-order valence-corrected chi connectivity index (χ2v) is 3.64. The normalized spacial score (nSPS) is 13.0. The lowest BCUT2D eigenvalue weighted by atomic mass is 10.4. The van der Waals surface area contributed by atoms with Crippen molar-refractivity contribution < 1.29 is 4.21 Å². The van der Waals surface area contributed by atoms with E-state index in [9.17, 15) is 4.21 Å². The molecule has 0 amide bonds. The van der Waals surface area contributed by atoms with Crippen LogP contribution >= 0.6 is 11.6 Å². The molecule has 0 bridgehead atoms. The van der Waals surface area contributed by atoms with E-state index in [2.05, 4.69) is 0 Å². The maximum Gasteiger partial charge on any atom is 0.0571 e. The summed E-state index contributed by atoms with van der Waals surface area (Å²) in [7, 11) is -0.972. The van der Waals surface area contributed by atoms with E-state index < -0.39 is 10.8 Å². The van der Waals surface area contributed by atoms with Gasteiger partial charge in [-0.1, -0.05) is 23.7 Å². The zero-order valence-electron chi connectivity index (χ0n) is 5.50. The molecule has 3 heteroatoms. The van der Waals surface area contributed by atoms with Gasteiger partial charge >= 0.3 is 0 Å². The van der Waals surface area contributed by atoms with Crippen LogP contribution in [0.15, 0.2) is 29.2 Å². The Labute approximate surface area is 67.5 Å². The average molecular weight is 175 g/mol. The summed E-state index contributed by atoms with van der Waals surface area (Å²) in [6.45, 7) is 0. The molecule has 0 radical (unpaired) electrons. The minimum atomic E-state index is -0.972. The smallest absolute Gasteiger partial charge is 0.0571 e. The van der Waals surface area contributed by atoms with Crippen molar-refractivity contribution in [3.8, 4) is 0 Å². The molecule has 0 fully saturated rings. The third-order valence-corrected chi connectivity index (χ3v) is 2.56. The lowest BCUT2D eigenvalue weighted by Crippen LogP contribution is -1.86. The van der Waals surface area contributed by atoms with Gasteiger partial charge in [0.25, 0.3) is 0 Å². The first-order valence-electron chi connectivity index (χ1n) is 2.80. The van der Waals surface area contributed by atoms with Crippen molar-refractivity contribution in [1.29, 1.82) is 0 Å². The zero-order chi connectivity index (χ0) is 7.56. The van der Waals surface area contributed by atoms with Crippen LogP contribution in [0.1, 0.15) is 0 Å². The minimum absolute atomic E-state index is 0.573. The first-order chi connectivity index (χ1) is 4.72. The Morgan fingerprint density at radius 3 is 2.40 bits per heavy atom. The van der Waals surface area contributed by atoms with Gasteiger partial charge in [-0.15, -0.1) is 0 Å². The predicted octanol–water partition coefficient (Wildman–Crippen LogP) is 2.08. The molecule has 10 heavy (non-hydrogen) atoms. The van der Waals surface area contributed by atoms with Crippen LogP contribution in [0.2, 0.25) is 5.02 Å². The number of rotatable bonds is 1. The predicted molar refractivity (Wildman–Crippen MR) is 43.8 cm³/mol. The topological polar surface area (TPSA) is 17.1 Å². The molecule has 0 N–H and O–H groups in total. The third kappa shape index (κ3) is 1.58. The molecule has 0 unspecified atom stereocenters. The average Bonchev–Trinajstić information content (AvgIpc) is 1.88. The molecular weight excluding hydrogens is 168 g/mol. The second kappa shape index (κ2) is 3.17. The van der Waals surface area contributed by atoms with Gasteiger partial charge in [0.2, 0.25) is 0 Å². The minimum Gasteiger partial charge on any atom is -0.255 e. The lowest BCUT2D eigenvalue weighted by molar-refractivity contribution is 0.687. The summed E-state index contributed by atoms with van der Waals surface area (Å²) >= 11 is 5.73. The fraction of sp³-hybridized carbons (Fsp3) is 0.143. The van der Waals surface area contributed by atoms with E-state index in [1.807, 2.05) is 12.1 Å². The molecule has 0 aliphatic rings. The van der Waals surface area contributed by atoms with Gasteiger partial charge in [-0.3, -0.25) is 4.21 Å². The summed E-state index contributed by atoms with van der Waals surface area (Å²) < 4.78 is 10.9. The molecule has 0 saturated carbocycles. The molecule has 0 spiro atoms. The van der Waals surface area contributed by atoms with Gasteiger partial charge in [0.15, 0.2) is 0 Å². The summed E-state index contributed by atoms with van der Waals surface area (Å²) in [4.78, 5) is 0.698. The maximum absolute atomic E-state index is 10.9. The molecule has 0 aliphatic heterocycles. The fourth-order valence-corrected chi connectivity index (χ4v) is 1.75. The van der Waals surface area contributed by atoms with Crippen LogP contribution in [0, 0.1) is 0 Å². The highest BCUT2D eigenvalue weighted by Crippen LogP contribution is 2.17. The number of halogens is 1. The highest BCUT2D eigenvalue weighted by atomic mass is 35.5. The van der Waals surface area contributed by atoms with Crippen LogP contribution in [0.5, 0.6) is 0 Å². The quantitative estimate of drug-likeness (QED) is 0.637. The van der Waals surface area contributed by atoms with Crippen LogP contribution in [0.3, 0.4) is 0 Å². The van der Waals surface area contributed by atoms with Gasteiger partial charge < -0.3 is 0 Å². The van der Waals surface area contributed by atoms with Crippen molar-refractivity contribution in [2.45, 2.75) is 4.90 Å². The molecule has 1 rings (SSSR count). The van der Waals surface area contributed by atoms with Crippen LogP contribution in [-0.4, -0.2) is 10.5 Å². The molecule has 1 nitrogen and oxygen atoms in total. The standard InChI is InChI=1S/C7H7ClOS/c1-10(9)7-5-3-2-4-6(7)8/h2-5H,1H3/t10-/m0/s1. The molecule has 54 valence electrons. The number of benzene rings is 1. The summed E-state index contributed by atoms with van der Waals surface area (Å²) in [5.74, 6) is 0. The summed E-state index contributed by atoms with van der Waals surface area (Å²) in [6.07, 6.45) is 1.61. The van der Waals surface area contributed by atoms with Crippen LogP contribution in [0.25, 0.3) is 0 Å². The van der Waals surface area contributed by atoms with Crippen molar-refractivity contribution in [3.05, 3.63) is 29.3 Å². The van der Waals surface area contributed by atoms with E-state index in [0.717, 1.165) is 0 Å². The monoisotopic (exact) mass is 174 g/mol. The second-order valence-electron chi connectivity index (χ2n) is 1.88. The Morgan fingerprint density at radius 2 is 2.00 bits per heavy atom. The van der Waals surface area contributed by atoms with Crippen molar-refractivity contribution in [3.63, 3.8) is 0 Å². The van der Waals surface area contributed by atoms with Crippen molar-refractivity contribution >= 4 is 22.4 Å². The molecular formula is C7H7ClOS. The molecule has 0 aromatic heterocycles. The Kier molecular flexibility index (Phi) is 2.46. The van der Waals surface area contributed by atoms with E-state index in [-0.39, 0.29) is 0 Å². The summed E-state index contributed by atoms with van der Waals surface area (Å²) in [5, 5.41) is 0.573. The lowest BCUT2D eigenvalue weighted by Gasteiger charge is -1.96.